The van der Waals surface area contributed by atoms with Crippen LogP contribution >= 0.6 is 11.6 Å². The van der Waals surface area contributed by atoms with Gasteiger partial charge in [0.1, 0.15) is 12.2 Å². The summed E-state index contributed by atoms with van der Waals surface area (Å²) in [5.41, 5.74) is 6.64. The average Bonchev–Trinajstić information content (AvgIpc) is 2.61. The minimum Gasteiger partial charge on any atom is -0.391 e. The number of aliphatic hydroxyl groups is 1. The van der Waals surface area contributed by atoms with Gasteiger partial charge in [-0.25, -0.2) is 4.98 Å². The van der Waals surface area contributed by atoms with Gasteiger partial charge < -0.3 is 15.6 Å². The third-order valence-electron chi connectivity index (χ3n) is 2.05. The van der Waals surface area contributed by atoms with Crippen LogP contribution in [0.15, 0.2) is 6.33 Å². The van der Waals surface area contributed by atoms with Crippen LogP contribution < -0.4 is 5.73 Å². The summed E-state index contributed by atoms with van der Waals surface area (Å²) in [7, 11) is 0. The van der Waals surface area contributed by atoms with E-state index in [2.05, 4.69) is 15.0 Å². The molecule has 2 aromatic rings. The van der Waals surface area contributed by atoms with Crippen LogP contribution in [0.25, 0.3) is 11.2 Å². The van der Waals surface area contributed by atoms with Crippen LogP contribution in [0.4, 0.5) is 5.82 Å². The number of halogens is 1. The molecule has 0 spiro atoms. The number of hydrogen-bond acceptors (Lipinski definition) is 6. The van der Waals surface area contributed by atoms with Crippen LogP contribution in [-0.4, -0.2) is 37.3 Å². The molecule has 2 aromatic heterocycles. The number of aliphatic hydroxyl groups excluding tert-OH is 1. The molecule has 17 heavy (non-hydrogen) atoms. The number of imidazole rings is 1. The van der Waals surface area contributed by atoms with Crippen LogP contribution in [0.1, 0.15) is 6.92 Å². The Hall–Kier alpha value is -1.44. The molecule has 2 heterocycles. The predicted octanol–water partition coefficient (Wildman–Crippen LogP) is 0.417. The van der Waals surface area contributed by atoms with E-state index in [0.29, 0.717) is 11.2 Å². The Kier molecular flexibility index (Phi) is 3.41. The molecular weight excluding hydrogens is 246 g/mol. The van der Waals surface area contributed by atoms with E-state index in [1.807, 2.05) is 0 Å². The monoisotopic (exact) mass is 257 g/mol. The molecule has 0 aliphatic heterocycles. The molecule has 1 unspecified atom stereocenters. The van der Waals surface area contributed by atoms with Gasteiger partial charge in [0.25, 0.3) is 0 Å². The quantitative estimate of drug-likeness (QED) is 0.770. The smallest absolute Gasteiger partial charge is 0.226 e. The molecule has 0 aromatic carbocycles. The van der Waals surface area contributed by atoms with Gasteiger partial charge >= 0.3 is 0 Å². The number of nitrogen functional groups attached to an aromatic ring is 1. The molecular formula is C9H12ClN5O2. The number of fused-ring (bicyclic) bond motifs is 1. The summed E-state index contributed by atoms with van der Waals surface area (Å²) in [5.74, 6) is 0.231. The average molecular weight is 258 g/mol. The summed E-state index contributed by atoms with van der Waals surface area (Å²) in [6.45, 7) is 2.09. The summed E-state index contributed by atoms with van der Waals surface area (Å²) in [5, 5.41) is 9.13. The van der Waals surface area contributed by atoms with Crippen LogP contribution in [0.3, 0.4) is 0 Å². The van der Waals surface area contributed by atoms with Crippen molar-refractivity contribution in [1.29, 1.82) is 0 Å². The molecule has 92 valence electrons. The zero-order valence-electron chi connectivity index (χ0n) is 9.17. The summed E-state index contributed by atoms with van der Waals surface area (Å²) < 4.78 is 6.90. The fraction of sp³-hybridized carbons (Fsp3) is 0.444. The highest BCUT2D eigenvalue weighted by atomic mass is 35.5. The molecule has 3 N–H and O–H groups in total. The summed E-state index contributed by atoms with van der Waals surface area (Å²) >= 11 is 5.71. The van der Waals surface area contributed by atoms with Crippen molar-refractivity contribution >= 4 is 28.6 Å². The van der Waals surface area contributed by atoms with Crippen molar-refractivity contribution in [2.24, 2.45) is 0 Å². The fourth-order valence-corrected chi connectivity index (χ4v) is 1.53. The molecule has 0 radical (unpaired) electrons. The third kappa shape index (κ3) is 2.63. The van der Waals surface area contributed by atoms with Crippen molar-refractivity contribution in [2.45, 2.75) is 19.8 Å². The van der Waals surface area contributed by atoms with Gasteiger partial charge in [0.2, 0.25) is 5.28 Å². The van der Waals surface area contributed by atoms with E-state index in [4.69, 9.17) is 27.2 Å². The van der Waals surface area contributed by atoms with E-state index < -0.39 is 6.10 Å². The molecule has 2 rings (SSSR count). The number of aromatic nitrogens is 4. The minimum atomic E-state index is -0.520. The zero-order chi connectivity index (χ0) is 12.4. The van der Waals surface area contributed by atoms with Gasteiger partial charge in [-0.2, -0.15) is 9.97 Å². The Morgan fingerprint density at radius 3 is 3.06 bits per heavy atom. The standard InChI is InChI=1S/C9H12ClN5O2/c1-5(16)2-17-4-15-3-12-6-7(11)13-9(10)14-8(6)15/h3,5,16H,2,4H2,1H3,(H2,11,13,14). The van der Waals surface area contributed by atoms with Gasteiger partial charge in [-0.3, -0.25) is 4.57 Å². The molecule has 0 fully saturated rings. The molecule has 0 saturated carbocycles. The van der Waals surface area contributed by atoms with Crippen LogP contribution in [0.5, 0.6) is 0 Å². The summed E-state index contributed by atoms with van der Waals surface area (Å²) in [4.78, 5) is 11.9. The maximum absolute atomic E-state index is 9.07. The summed E-state index contributed by atoms with van der Waals surface area (Å²) in [6.07, 6.45) is 1.02. The van der Waals surface area contributed by atoms with Crippen molar-refractivity contribution in [3.63, 3.8) is 0 Å². The molecule has 0 aliphatic carbocycles. The first-order chi connectivity index (χ1) is 8.08. The Bertz CT molecular complexity index is 527. The van der Waals surface area contributed by atoms with Gasteiger partial charge in [-0.05, 0) is 18.5 Å². The second-order valence-electron chi connectivity index (χ2n) is 3.61. The Morgan fingerprint density at radius 2 is 2.35 bits per heavy atom. The van der Waals surface area contributed by atoms with Crippen LogP contribution in [0.2, 0.25) is 5.28 Å². The predicted molar refractivity (Wildman–Crippen MR) is 62.4 cm³/mol. The number of hydrogen-bond donors (Lipinski definition) is 2. The lowest BCUT2D eigenvalue weighted by Crippen LogP contribution is -2.12. The lowest BCUT2D eigenvalue weighted by molar-refractivity contribution is 0.0139. The van der Waals surface area contributed by atoms with Gasteiger partial charge in [-0.1, -0.05) is 0 Å². The van der Waals surface area contributed by atoms with Crippen LogP contribution in [0, 0.1) is 0 Å². The molecule has 8 heteroatoms. The normalized spacial score (nSPS) is 13.1. The van der Waals surface area contributed by atoms with E-state index in [0.717, 1.165) is 0 Å². The number of nitrogens with two attached hydrogens (primary N) is 1. The SMILES string of the molecule is CC(O)COCn1cnc2c(N)nc(Cl)nc21. The van der Waals surface area contributed by atoms with Crippen molar-refractivity contribution in [1.82, 2.24) is 19.5 Å². The first-order valence-electron chi connectivity index (χ1n) is 4.97. The van der Waals surface area contributed by atoms with Gasteiger partial charge in [0.05, 0.1) is 19.0 Å². The Morgan fingerprint density at radius 1 is 1.59 bits per heavy atom. The Labute approximate surface area is 102 Å². The lowest BCUT2D eigenvalue weighted by atomic mass is 10.4. The highest BCUT2D eigenvalue weighted by Crippen LogP contribution is 2.17. The van der Waals surface area contributed by atoms with Gasteiger partial charge in [-0.15, -0.1) is 0 Å². The van der Waals surface area contributed by atoms with E-state index in [1.165, 1.54) is 6.33 Å². The first-order valence-corrected chi connectivity index (χ1v) is 5.35. The Balaban J connectivity index is 2.23. The molecule has 0 saturated heterocycles. The molecule has 7 nitrogen and oxygen atoms in total. The van der Waals surface area contributed by atoms with Crippen molar-refractivity contribution in [2.75, 3.05) is 12.3 Å². The van der Waals surface area contributed by atoms with E-state index in [9.17, 15) is 0 Å². The highest BCUT2D eigenvalue weighted by molar-refractivity contribution is 6.28. The minimum absolute atomic E-state index is 0.0623. The van der Waals surface area contributed by atoms with Crippen molar-refractivity contribution in [3.05, 3.63) is 11.6 Å². The lowest BCUT2D eigenvalue weighted by Gasteiger charge is -2.07. The van der Waals surface area contributed by atoms with Gasteiger partial charge in [0, 0.05) is 0 Å². The van der Waals surface area contributed by atoms with Crippen LogP contribution in [-0.2, 0) is 11.5 Å². The molecule has 0 amide bonds. The third-order valence-corrected chi connectivity index (χ3v) is 2.22. The molecule has 0 aliphatic rings. The number of nitrogens with zero attached hydrogens (tertiary/aromatic N) is 4. The number of rotatable bonds is 4. The second kappa shape index (κ2) is 4.82. The number of anilines is 1. The maximum atomic E-state index is 9.07. The molecule has 0 bridgehead atoms. The van der Waals surface area contributed by atoms with Crippen molar-refractivity contribution < 1.29 is 9.84 Å². The largest absolute Gasteiger partial charge is 0.391 e. The number of ether oxygens (including phenoxy) is 1. The van der Waals surface area contributed by atoms with Crippen molar-refractivity contribution in [3.8, 4) is 0 Å². The van der Waals surface area contributed by atoms with E-state index in [1.54, 1.807) is 11.5 Å². The van der Waals surface area contributed by atoms with E-state index in [-0.39, 0.29) is 24.4 Å². The highest BCUT2D eigenvalue weighted by Gasteiger charge is 2.10. The van der Waals surface area contributed by atoms with Gasteiger partial charge in [0.15, 0.2) is 11.5 Å². The fourth-order valence-electron chi connectivity index (χ4n) is 1.35. The maximum Gasteiger partial charge on any atom is 0.226 e. The second-order valence-corrected chi connectivity index (χ2v) is 3.95. The molecule has 1 atom stereocenters. The van der Waals surface area contributed by atoms with E-state index >= 15 is 0 Å². The zero-order valence-corrected chi connectivity index (χ0v) is 9.92. The summed E-state index contributed by atoms with van der Waals surface area (Å²) in [6, 6.07) is 0. The first kappa shape index (κ1) is 12.0. The topological polar surface area (TPSA) is 99.1 Å².